The fourth-order valence-corrected chi connectivity index (χ4v) is 5.09. The first-order valence-electron chi connectivity index (χ1n) is 12.5. The molecule has 2 aromatic rings. The zero-order valence-electron chi connectivity index (χ0n) is 20.9. The number of likely N-dealkylation sites (tertiary alicyclic amines) is 1. The van der Waals surface area contributed by atoms with Crippen LogP contribution in [0.15, 0.2) is 30.9 Å². The minimum Gasteiger partial charge on any atom is -0.491 e. The number of methoxy groups -OCH3 is 2. The molecule has 192 valence electrons. The number of anilines is 1. The molecule has 10 nitrogen and oxygen atoms in total. The van der Waals surface area contributed by atoms with Gasteiger partial charge in [0.2, 0.25) is 11.8 Å². The number of pyridine rings is 1. The van der Waals surface area contributed by atoms with Gasteiger partial charge in [-0.1, -0.05) is 0 Å². The highest BCUT2D eigenvalue weighted by molar-refractivity contribution is 5.79. The van der Waals surface area contributed by atoms with Crippen LogP contribution in [0.25, 0.3) is 0 Å². The molecule has 3 aliphatic rings. The number of carbonyl (C=O) groups is 1. The van der Waals surface area contributed by atoms with Crippen LogP contribution >= 0.6 is 0 Å². The van der Waals surface area contributed by atoms with E-state index in [1.807, 2.05) is 17.0 Å². The molecule has 5 rings (SSSR count). The quantitative estimate of drug-likeness (QED) is 0.537. The Labute approximate surface area is 211 Å². The number of carbonyl (C=O) groups excluding carboxylic acids is 1. The highest BCUT2D eigenvalue weighted by Crippen LogP contribution is 2.33. The Hall–Kier alpha value is -3.40. The molecule has 0 aliphatic carbocycles. The van der Waals surface area contributed by atoms with Gasteiger partial charge in [-0.25, -0.2) is 15.0 Å². The lowest BCUT2D eigenvalue weighted by molar-refractivity contribution is -0.137. The number of hydrogen-bond acceptors (Lipinski definition) is 9. The largest absolute Gasteiger partial charge is 0.491 e. The Kier molecular flexibility index (Phi) is 7.50. The van der Waals surface area contributed by atoms with E-state index in [2.05, 4.69) is 19.9 Å². The van der Waals surface area contributed by atoms with Gasteiger partial charge in [0, 0.05) is 51.3 Å². The Bertz CT molecular complexity index is 1100. The summed E-state index contributed by atoms with van der Waals surface area (Å²) in [5, 5.41) is 0. The first-order chi connectivity index (χ1) is 17.7. The third-order valence-corrected chi connectivity index (χ3v) is 7.18. The van der Waals surface area contributed by atoms with Crippen molar-refractivity contribution in [3.63, 3.8) is 0 Å². The molecule has 1 atom stereocenters. The predicted molar refractivity (Wildman–Crippen MR) is 132 cm³/mol. The SMILES string of the molecule is COc1cc(N2CCc3ncnc(OC=CC4CCN(C(=O)C5CCOCC5)C4)c3C2)cnc1OC. The fourth-order valence-electron chi connectivity index (χ4n) is 5.09. The van der Waals surface area contributed by atoms with Crippen LogP contribution in [0.4, 0.5) is 5.69 Å². The lowest BCUT2D eigenvalue weighted by Gasteiger charge is -2.30. The molecule has 0 bridgehead atoms. The molecule has 1 amide bonds. The van der Waals surface area contributed by atoms with Crippen LogP contribution in [-0.2, 0) is 22.5 Å². The lowest BCUT2D eigenvalue weighted by atomic mass is 9.99. The molecule has 0 aromatic carbocycles. The Morgan fingerprint density at radius 2 is 1.94 bits per heavy atom. The normalized spacial score (nSPS) is 20.4. The Morgan fingerprint density at radius 3 is 2.75 bits per heavy atom. The summed E-state index contributed by atoms with van der Waals surface area (Å²) in [6.07, 6.45) is 10.5. The van der Waals surface area contributed by atoms with Crippen molar-refractivity contribution in [2.45, 2.75) is 32.2 Å². The maximum atomic E-state index is 12.8. The number of fused-ring (bicyclic) bond motifs is 1. The average Bonchev–Trinajstić information content (AvgIpc) is 3.41. The van der Waals surface area contributed by atoms with Gasteiger partial charge < -0.3 is 28.7 Å². The molecule has 10 heteroatoms. The minimum absolute atomic E-state index is 0.106. The second-order valence-electron chi connectivity index (χ2n) is 9.35. The zero-order chi connectivity index (χ0) is 24.9. The maximum Gasteiger partial charge on any atom is 0.256 e. The van der Waals surface area contributed by atoms with E-state index in [0.29, 0.717) is 37.3 Å². The summed E-state index contributed by atoms with van der Waals surface area (Å²) < 4.78 is 22.1. The summed E-state index contributed by atoms with van der Waals surface area (Å²) in [4.78, 5) is 30.2. The summed E-state index contributed by atoms with van der Waals surface area (Å²) in [7, 11) is 3.18. The lowest BCUT2D eigenvalue weighted by Crippen LogP contribution is -2.37. The minimum atomic E-state index is 0.106. The standard InChI is InChI=1S/C26H33N5O5/c1-33-23-13-20(14-27-25(23)34-2)30-9-4-22-21(16-30)24(29-17-28-22)36-12-5-18-3-8-31(15-18)26(32)19-6-10-35-11-7-19/h5,12-14,17-19H,3-4,6-11,15-16H2,1-2H3. The van der Waals surface area contributed by atoms with E-state index in [1.54, 1.807) is 33.0 Å². The van der Waals surface area contributed by atoms with Crippen LogP contribution in [0.3, 0.4) is 0 Å². The van der Waals surface area contributed by atoms with Gasteiger partial charge in [0.1, 0.15) is 6.33 Å². The number of rotatable bonds is 7. The van der Waals surface area contributed by atoms with E-state index in [0.717, 1.165) is 62.3 Å². The van der Waals surface area contributed by atoms with Gasteiger partial charge in [0.15, 0.2) is 5.75 Å². The van der Waals surface area contributed by atoms with Crippen molar-refractivity contribution < 1.29 is 23.7 Å². The van der Waals surface area contributed by atoms with Crippen molar-refractivity contribution >= 4 is 11.6 Å². The summed E-state index contributed by atoms with van der Waals surface area (Å²) in [5.74, 6) is 2.25. The molecular formula is C26H33N5O5. The molecule has 2 aromatic heterocycles. The van der Waals surface area contributed by atoms with E-state index in [9.17, 15) is 4.79 Å². The number of amides is 1. The average molecular weight is 496 g/mol. The van der Waals surface area contributed by atoms with Crippen molar-refractivity contribution in [1.29, 1.82) is 0 Å². The summed E-state index contributed by atoms with van der Waals surface area (Å²) >= 11 is 0. The first kappa shape index (κ1) is 24.3. The van der Waals surface area contributed by atoms with Crippen molar-refractivity contribution in [2.75, 3.05) is 52.0 Å². The second-order valence-corrected chi connectivity index (χ2v) is 9.35. The Morgan fingerprint density at radius 1 is 1.08 bits per heavy atom. The monoisotopic (exact) mass is 495 g/mol. The van der Waals surface area contributed by atoms with E-state index < -0.39 is 0 Å². The second kappa shape index (κ2) is 11.1. The molecule has 5 heterocycles. The molecule has 0 radical (unpaired) electrons. The van der Waals surface area contributed by atoms with Crippen LogP contribution in [-0.4, -0.2) is 72.8 Å². The van der Waals surface area contributed by atoms with Crippen LogP contribution in [0.1, 0.15) is 30.5 Å². The zero-order valence-corrected chi connectivity index (χ0v) is 20.9. The summed E-state index contributed by atoms with van der Waals surface area (Å²) in [5.41, 5.74) is 2.89. The highest BCUT2D eigenvalue weighted by atomic mass is 16.5. The third-order valence-electron chi connectivity index (χ3n) is 7.18. The molecule has 2 fully saturated rings. The summed E-state index contributed by atoms with van der Waals surface area (Å²) in [6, 6.07) is 1.93. The molecule has 3 aliphatic heterocycles. The molecule has 0 saturated carbocycles. The van der Waals surface area contributed by atoms with Gasteiger partial charge in [-0.2, -0.15) is 0 Å². The van der Waals surface area contributed by atoms with Crippen LogP contribution in [0.5, 0.6) is 17.5 Å². The van der Waals surface area contributed by atoms with E-state index in [4.69, 9.17) is 18.9 Å². The predicted octanol–water partition coefficient (Wildman–Crippen LogP) is 2.62. The molecule has 0 spiro atoms. The third kappa shape index (κ3) is 5.23. The topological polar surface area (TPSA) is 99.1 Å². The van der Waals surface area contributed by atoms with E-state index >= 15 is 0 Å². The number of nitrogens with zero attached hydrogens (tertiary/aromatic N) is 5. The van der Waals surface area contributed by atoms with Crippen molar-refractivity contribution in [3.05, 3.63) is 42.2 Å². The number of ether oxygens (including phenoxy) is 4. The van der Waals surface area contributed by atoms with Crippen LogP contribution in [0.2, 0.25) is 0 Å². The van der Waals surface area contributed by atoms with Gasteiger partial charge in [0.25, 0.3) is 5.88 Å². The number of aromatic nitrogens is 3. The van der Waals surface area contributed by atoms with Gasteiger partial charge in [-0.15, -0.1) is 0 Å². The first-order valence-corrected chi connectivity index (χ1v) is 12.5. The van der Waals surface area contributed by atoms with Gasteiger partial charge in [-0.05, 0) is 31.3 Å². The molecule has 0 N–H and O–H groups in total. The summed E-state index contributed by atoms with van der Waals surface area (Å²) in [6.45, 7) is 4.30. The van der Waals surface area contributed by atoms with E-state index in [-0.39, 0.29) is 17.7 Å². The van der Waals surface area contributed by atoms with Crippen molar-refractivity contribution in [2.24, 2.45) is 11.8 Å². The van der Waals surface area contributed by atoms with E-state index in [1.165, 1.54) is 0 Å². The van der Waals surface area contributed by atoms with Crippen LogP contribution in [0, 0.1) is 11.8 Å². The molecular weight excluding hydrogens is 462 g/mol. The van der Waals surface area contributed by atoms with Gasteiger partial charge in [0.05, 0.1) is 50.2 Å². The maximum absolute atomic E-state index is 12.8. The molecule has 36 heavy (non-hydrogen) atoms. The highest BCUT2D eigenvalue weighted by Gasteiger charge is 2.31. The Balaban J connectivity index is 1.21. The van der Waals surface area contributed by atoms with Crippen molar-refractivity contribution in [3.8, 4) is 17.5 Å². The number of hydrogen-bond donors (Lipinski definition) is 0. The van der Waals surface area contributed by atoms with Gasteiger partial charge >= 0.3 is 0 Å². The fraction of sp³-hybridized carbons (Fsp3) is 0.538. The molecule has 1 unspecified atom stereocenters. The molecule has 2 saturated heterocycles. The van der Waals surface area contributed by atoms with Crippen LogP contribution < -0.4 is 19.1 Å². The van der Waals surface area contributed by atoms with Gasteiger partial charge in [-0.3, -0.25) is 4.79 Å². The van der Waals surface area contributed by atoms with Crippen molar-refractivity contribution in [1.82, 2.24) is 19.9 Å². The smallest absolute Gasteiger partial charge is 0.256 e.